The Morgan fingerprint density at radius 2 is 2.18 bits per heavy atom. The summed E-state index contributed by atoms with van der Waals surface area (Å²) < 4.78 is 18.3. The molecule has 1 aromatic rings. The fourth-order valence-corrected chi connectivity index (χ4v) is 1.34. The molecule has 1 rings (SSSR count). The molecule has 1 amide bonds. The summed E-state index contributed by atoms with van der Waals surface area (Å²) in [6, 6.07) is 0. The molecule has 0 spiro atoms. The lowest BCUT2D eigenvalue weighted by molar-refractivity contribution is 0.0940. The number of carbonyl (C=O) groups is 1. The van der Waals surface area contributed by atoms with E-state index in [1.54, 1.807) is 0 Å². The summed E-state index contributed by atoms with van der Waals surface area (Å²) in [4.78, 5) is 14.2. The largest absolute Gasteiger partial charge is 0.492 e. The third kappa shape index (κ3) is 3.76. The summed E-state index contributed by atoms with van der Waals surface area (Å²) >= 11 is 0. The molecule has 2 N–H and O–H groups in total. The van der Waals surface area contributed by atoms with E-state index in [9.17, 15) is 9.18 Å². The van der Waals surface area contributed by atoms with Crippen LogP contribution in [0.2, 0.25) is 0 Å². The number of rotatable bonds is 4. The molecule has 5 heteroatoms. The Balaban J connectivity index is 2.56. The molecule has 0 atom stereocenters. The third-order valence-corrected chi connectivity index (χ3v) is 2.39. The number of amides is 1. The second kappa shape index (κ2) is 5.21. The van der Waals surface area contributed by atoms with Crippen molar-refractivity contribution in [3.63, 3.8) is 0 Å². The molecule has 0 radical (unpaired) electrons. The molecule has 96 valence electrons. The second-order valence-electron chi connectivity index (χ2n) is 5.11. The van der Waals surface area contributed by atoms with Crippen molar-refractivity contribution in [1.29, 1.82) is 0 Å². The monoisotopic (exact) mass is 242 g/mol. The molecule has 0 saturated carbocycles. The molecule has 1 heterocycles. The van der Waals surface area contributed by atoms with Crippen LogP contribution < -0.4 is 10.1 Å². The van der Waals surface area contributed by atoms with Crippen LogP contribution in [0.15, 0.2) is 6.20 Å². The van der Waals surface area contributed by atoms with Crippen LogP contribution in [0.25, 0.3) is 0 Å². The lowest BCUT2D eigenvalue weighted by Crippen LogP contribution is -2.28. The first-order chi connectivity index (χ1) is 7.85. The van der Waals surface area contributed by atoms with Crippen LogP contribution >= 0.6 is 0 Å². The predicted octanol–water partition coefficient (Wildman–Crippen LogP) is 2.33. The van der Waals surface area contributed by atoms with Crippen molar-refractivity contribution in [1.82, 2.24) is 10.3 Å². The van der Waals surface area contributed by atoms with Crippen molar-refractivity contribution in [2.75, 3.05) is 13.7 Å². The van der Waals surface area contributed by atoms with E-state index in [1.165, 1.54) is 13.3 Å². The maximum Gasteiger partial charge on any atom is 0.270 e. The van der Waals surface area contributed by atoms with Gasteiger partial charge in [0.2, 0.25) is 0 Å². The highest BCUT2D eigenvalue weighted by atomic mass is 19.1. The van der Waals surface area contributed by atoms with Crippen molar-refractivity contribution < 1.29 is 13.9 Å². The molecule has 0 aliphatic heterocycles. The molecule has 17 heavy (non-hydrogen) atoms. The van der Waals surface area contributed by atoms with E-state index in [-0.39, 0.29) is 16.9 Å². The first-order valence-corrected chi connectivity index (χ1v) is 5.54. The molecule has 0 unspecified atom stereocenters. The SMILES string of the molecule is COc1c[nH]c(C(=O)NCCC(C)(C)C)c1F. The second-order valence-corrected chi connectivity index (χ2v) is 5.11. The molecule has 0 aliphatic carbocycles. The van der Waals surface area contributed by atoms with Gasteiger partial charge in [0.25, 0.3) is 5.91 Å². The summed E-state index contributed by atoms with van der Waals surface area (Å²) in [5, 5.41) is 2.67. The number of aromatic amines is 1. The van der Waals surface area contributed by atoms with Crippen LogP contribution in [0.3, 0.4) is 0 Å². The third-order valence-electron chi connectivity index (χ3n) is 2.39. The zero-order chi connectivity index (χ0) is 13.1. The smallest absolute Gasteiger partial charge is 0.270 e. The van der Waals surface area contributed by atoms with Gasteiger partial charge in [0.15, 0.2) is 11.6 Å². The summed E-state index contributed by atoms with van der Waals surface area (Å²) in [7, 11) is 1.35. The van der Waals surface area contributed by atoms with Gasteiger partial charge in [-0.2, -0.15) is 0 Å². The van der Waals surface area contributed by atoms with E-state index in [0.717, 1.165) is 6.42 Å². The van der Waals surface area contributed by atoms with Gasteiger partial charge in [-0.25, -0.2) is 4.39 Å². The first kappa shape index (κ1) is 13.5. The summed E-state index contributed by atoms with van der Waals surface area (Å²) in [6.45, 7) is 6.76. The highest BCUT2D eigenvalue weighted by molar-refractivity contribution is 5.93. The molecule has 0 saturated heterocycles. The van der Waals surface area contributed by atoms with Gasteiger partial charge in [-0.3, -0.25) is 4.79 Å². The molecule has 1 aromatic heterocycles. The van der Waals surface area contributed by atoms with E-state index in [0.29, 0.717) is 6.54 Å². The maximum absolute atomic E-state index is 13.5. The van der Waals surface area contributed by atoms with E-state index in [1.807, 2.05) is 0 Å². The van der Waals surface area contributed by atoms with E-state index < -0.39 is 11.7 Å². The minimum Gasteiger partial charge on any atom is -0.492 e. The van der Waals surface area contributed by atoms with Crippen LogP contribution in [-0.2, 0) is 0 Å². The molecule has 0 aliphatic rings. The summed E-state index contributed by atoms with van der Waals surface area (Å²) in [6.07, 6.45) is 2.16. The number of halogens is 1. The van der Waals surface area contributed by atoms with Crippen LogP contribution in [-0.4, -0.2) is 24.5 Å². The quantitative estimate of drug-likeness (QED) is 0.851. The standard InChI is InChI=1S/C12H19FN2O2/c1-12(2,3)5-6-14-11(16)10-9(13)8(17-4)7-15-10/h7,15H,5-6H2,1-4H3,(H,14,16). The van der Waals surface area contributed by atoms with Gasteiger partial charge in [-0.05, 0) is 11.8 Å². The molecule has 0 bridgehead atoms. The molecule has 0 fully saturated rings. The lowest BCUT2D eigenvalue weighted by Gasteiger charge is -2.17. The zero-order valence-corrected chi connectivity index (χ0v) is 10.7. The molecular formula is C12H19FN2O2. The van der Waals surface area contributed by atoms with Gasteiger partial charge in [-0.15, -0.1) is 0 Å². The number of carbonyl (C=O) groups excluding carboxylic acids is 1. The number of nitrogens with one attached hydrogen (secondary N) is 2. The van der Waals surface area contributed by atoms with Crippen molar-refractivity contribution in [2.24, 2.45) is 5.41 Å². The summed E-state index contributed by atoms with van der Waals surface area (Å²) in [5.41, 5.74) is 0.0509. The van der Waals surface area contributed by atoms with Crippen LogP contribution in [0.1, 0.15) is 37.7 Å². The van der Waals surface area contributed by atoms with Crippen molar-refractivity contribution in [2.45, 2.75) is 27.2 Å². The molecular weight excluding hydrogens is 223 g/mol. The number of methoxy groups -OCH3 is 1. The zero-order valence-electron chi connectivity index (χ0n) is 10.7. The van der Waals surface area contributed by atoms with Crippen molar-refractivity contribution >= 4 is 5.91 Å². The van der Waals surface area contributed by atoms with Gasteiger partial charge in [0.1, 0.15) is 5.69 Å². The van der Waals surface area contributed by atoms with Gasteiger partial charge in [0.05, 0.1) is 7.11 Å². The normalized spacial score (nSPS) is 11.4. The van der Waals surface area contributed by atoms with Crippen LogP contribution in [0.4, 0.5) is 4.39 Å². The van der Waals surface area contributed by atoms with Gasteiger partial charge in [0, 0.05) is 12.7 Å². The Morgan fingerprint density at radius 1 is 1.53 bits per heavy atom. The van der Waals surface area contributed by atoms with E-state index in [2.05, 4.69) is 31.1 Å². The Morgan fingerprint density at radius 3 is 2.65 bits per heavy atom. The van der Waals surface area contributed by atoms with Crippen molar-refractivity contribution in [3.05, 3.63) is 17.7 Å². The first-order valence-electron chi connectivity index (χ1n) is 5.54. The minimum atomic E-state index is -0.652. The Kier molecular flexibility index (Phi) is 4.15. The van der Waals surface area contributed by atoms with Crippen LogP contribution in [0, 0.1) is 11.2 Å². The number of aromatic nitrogens is 1. The highest BCUT2D eigenvalue weighted by Gasteiger charge is 2.18. The average molecular weight is 242 g/mol. The van der Waals surface area contributed by atoms with Crippen molar-refractivity contribution in [3.8, 4) is 5.75 Å². The number of hydrogen-bond donors (Lipinski definition) is 2. The fourth-order valence-electron chi connectivity index (χ4n) is 1.34. The lowest BCUT2D eigenvalue weighted by atomic mass is 9.92. The fraction of sp³-hybridized carbons (Fsp3) is 0.583. The topological polar surface area (TPSA) is 54.1 Å². The number of hydrogen-bond acceptors (Lipinski definition) is 2. The van der Waals surface area contributed by atoms with Crippen LogP contribution in [0.5, 0.6) is 5.75 Å². The minimum absolute atomic E-state index is 0.0472. The molecule has 4 nitrogen and oxygen atoms in total. The van der Waals surface area contributed by atoms with Gasteiger partial charge >= 0.3 is 0 Å². The predicted molar refractivity (Wildman–Crippen MR) is 63.7 cm³/mol. The van der Waals surface area contributed by atoms with E-state index >= 15 is 0 Å². The van der Waals surface area contributed by atoms with Gasteiger partial charge in [-0.1, -0.05) is 20.8 Å². The van der Waals surface area contributed by atoms with Gasteiger partial charge < -0.3 is 15.0 Å². The highest BCUT2D eigenvalue weighted by Crippen LogP contribution is 2.20. The Labute approximate surface area is 101 Å². The number of H-pyrrole nitrogens is 1. The average Bonchev–Trinajstić information content (AvgIpc) is 2.57. The Hall–Kier alpha value is -1.52. The Bertz CT molecular complexity index is 394. The van der Waals surface area contributed by atoms with E-state index in [4.69, 9.17) is 4.74 Å². The summed E-state index contributed by atoms with van der Waals surface area (Å²) in [5.74, 6) is -1.05. The maximum atomic E-state index is 13.5. The molecule has 0 aromatic carbocycles. The number of ether oxygens (including phenoxy) is 1.